The van der Waals surface area contributed by atoms with Crippen LogP contribution in [0.5, 0.6) is 0 Å². The van der Waals surface area contributed by atoms with Gasteiger partial charge in [0, 0.05) is 33.7 Å². The van der Waals surface area contributed by atoms with Crippen molar-refractivity contribution < 1.29 is 27.9 Å². The minimum absolute atomic E-state index is 0.0550. The molecule has 18 heavy (non-hydrogen) atoms. The molecule has 1 atom stereocenters. The first-order valence-corrected chi connectivity index (χ1v) is 5.11. The highest BCUT2D eigenvalue weighted by Crippen LogP contribution is 2.25. The minimum Gasteiger partial charge on any atom is -0.481 e. The van der Waals surface area contributed by atoms with E-state index in [0.29, 0.717) is 0 Å². The van der Waals surface area contributed by atoms with Gasteiger partial charge >= 0.3 is 18.2 Å². The van der Waals surface area contributed by atoms with Gasteiger partial charge in [-0.3, -0.25) is 4.79 Å². The summed E-state index contributed by atoms with van der Waals surface area (Å²) in [4.78, 5) is 22.7. The van der Waals surface area contributed by atoms with Crippen molar-refractivity contribution in [3.05, 3.63) is 0 Å². The number of hydrogen-bond acceptors (Lipinski definition) is 3. The number of alkyl halides is 3. The first-order chi connectivity index (χ1) is 8.16. The fourth-order valence-electron chi connectivity index (χ4n) is 1.01. The molecule has 0 aliphatic rings. The highest BCUT2D eigenvalue weighted by Gasteiger charge is 2.44. The normalized spacial score (nSPS) is 12.9. The van der Waals surface area contributed by atoms with Crippen molar-refractivity contribution in [3.8, 4) is 0 Å². The number of nitrogens with zero attached hydrogens (tertiary/aromatic N) is 1. The van der Waals surface area contributed by atoms with E-state index in [4.69, 9.17) is 5.11 Å². The van der Waals surface area contributed by atoms with Crippen molar-refractivity contribution in [2.75, 3.05) is 33.7 Å². The van der Waals surface area contributed by atoms with Gasteiger partial charge in [0.15, 0.2) is 5.92 Å². The third kappa shape index (κ3) is 6.28. The van der Waals surface area contributed by atoms with Gasteiger partial charge in [-0.25, -0.2) is 4.79 Å². The summed E-state index contributed by atoms with van der Waals surface area (Å²) in [5.41, 5.74) is 0. The van der Waals surface area contributed by atoms with Crippen molar-refractivity contribution in [1.29, 1.82) is 0 Å². The molecule has 0 aliphatic carbocycles. The van der Waals surface area contributed by atoms with Gasteiger partial charge in [0.25, 0.3) is 0 Å². The first-order valence-electron chi connectivity index (χ1n) is 5.11. The number of amides is 2. The second-order valence-corrected chi connectivity index (χ2v) is 3.76. The molecule has 0 rings (SSSR count). The molecule has 0 aromatic rings. The van der Waals surface area contributed by atoms with Crippen LogP contribution in [-0.4, -0.2) is 61.9 Å². The lowest BCUT2D eigenvalue weighted by atomic mass is 10.1. The van der Waals surface area contributed by atoms with Gasteiger partial charge in [0.2, 0.25) is 0 Å². The maximum atomic E-state index is 12.2. The fraction of sp³-hybridized carbons (Fsp3) is 0.778. The topological polar surface area (TPSA) is 81.7 Å². The van der Waals surface area contributed by atoms with Gasteiger partial charge in [0.05, 0.1) is 0 Å². The SMILES string of the molecule is CN(C)C(=O)NCCNCC(C(=O)O)C(F)(F)F. The highest BCUT2D eigenvalue weighted by atomic mass is 19.4. The lowest BCUT2D eigenvalue weighted by Crippen LogP contribution is -2.42. The maximum Gasteiger partial charge on any atom is 0.403 e. The lowest BCUT2D eigenvalue weighted by molar-refractivity contribution is -0.192. The molecule has 0 heterocycles. The Hall–Kier alpha value is -1.51. The molecule has 0 aliphatic heterocycles. The predicted octanol–water partition coefficient (Wildman–Crippen LogP) is 0.110. The summed E-state index contributed by atoms with van der Waals surface area (Å²) in [5, 5.41) is 13.1. The Labute approximate surface area is 102 Å². The zero-order valence-corrected chi connectivity index (χ0v) is 10.0. The Bertz CT molecular complexity index is 295. The Morgan fingerprint density at radius 1 is 1.28 bits per heavy atom. The summed E-state index contributed by atoms with van der Waals surface area (Å²) >= 11 is 0. The summed E-state index contributed by atoms with van der Waals surface area (Å²) < 4.78 is 36.7. The number of halogens is 3. The van der Waals surface area contributed by atoms with E-state index in [1.165, 1.54) is 19.0 Å². The smallest absolute Gasteiger partial charge is 0.403 e. The number of urea groups is 1. The van der Waals surface area contributed by atoms with Gasteiger partial charge in [-0.05, 0) is 0 Å². The van der Waals surface area contributed by atoms with Crippen molar-refractivity contribution in [3.63, 3.8) is 0 Å². The average Bonchev–Trinajstić information content (AvgIpc) is 2.19. The molecule has 0 aromatic heterocycles. The molecule has 3 N–H and O–H groups in total. The number of nitrogens with one attached hydrogen (secondary N) is 2. The summed E-state index contributed by atoms with van der Waals surface area (Å²) in [6.07, 6.45) is -4.79. The summed E-state index contributed by atoms with van der Waals surface area (Å²) in [6.45, 7) is -0.558. The van der Waals surface area contributed by atoms with E-state index in [2.05, 4.69) is 10.6 Å². The van der Waals surface area contributed by atoms with Crippen molar-refractivity contribution >= 4 is 12.0 Å². The minimum atomic E-state index is -4.79. The van der Waals surface area contributed by atoms with Crippen molar-refractivity contribution in [2.24, 2.45) is 5.92 Å². The van der Waals surface area contributed by atoms with Crippen molar-refractivity contribution in [2.45, 2.75) is 6.18 Å². The molecule has 106 valence electrons. The van der Waals surface area contributed by atoms with E-state index in [-0.39, 0.29) is 19.1 Å². The molecule has 0 aromatic carbocycles. The predicted molar refractivity (Wildman–Crippen MR) is 57.1 cm³/mol. The van der Waals surface area contributed by atoms with E-state index >= 15 is 0 Å². The molecular weight excluding hydrogens is 255 g/mol. The number of aliphatic carboxylic acids is 1. The molecule has 2 amide bonds. The molecule has 0 radical (unpaired) electrons. The van der Waals surface area contributed by atoms with Crippen molar-refractivity contribution in [1.82, 2.24) is 15.5 Å². The Morgan fingerprint density at radius 3 is 2.22 bits per heavy atom. The molecule has 0 bridgehead atoms. The number of carbonyl (C=O) groups is 2. The summed E-state index contributed by atoms with van der Waals surface area (Å²) in [5.74, 6) is -4.37. The number of carboxylic acids is 1. The van der Waals surface area contributed by atoms with Gasteiger partial charge in [-0.1, -0.05) is 0 Å². The van der Waals surface area contributed by atoms with Crippen LogP contribution in [0.3, 0.4) is 0 Å². The van der Waals surface area contributed by atoms with E-state index in [9.17, 15) is 22.8 Å². The van der Waals surface area contributed by atoms with Crippen LogP contribution >= 0.6 is 0 Å². The molecular formula is C9H16F3N3O3. The van der Waals surface area contributed by atoms with E-state index in [0.717, 1.165) is 0 Å². The quantitative estimate of drug-likeness (QED) is 0.599. The molecule has 0 saturated heterocycles. The third-order valence-corrected chi connectivity index (χ3v) is 2.03. The molecule has 1 unspecified atom stereocenters. The van der Waals surface area contributed by atoms with E-state index in [1.807, 2.05) is 0 Å². The van der Waals surface area contributed by atoms with Crippen LogP contribution in [0.15, 0.2) is 0 Å². The molecule has 6 nitrogen and oxygen atoms in total. The number of carboxylic acid groups (broad SMARTS) is 1. The fourth-order valence-corrected chi connectivity index (χ4v) is 1.01. The Morgan fingerprint density at radius 2 is 1.83 bits per heavy atom. The first kappa shape index (κ1) is 16.5. The van der Waals surface area contributed by atoms with Crippen LogP contribution in [-0.2, 0) is 4.79 Å². The second kappa shape index (κ2) is 7.04. The molecule has 0 saturated carbocycles. The monoisotopic (exact) mass is 271 g/mol. The van der Waals surface area contributed by atoms with Gasteiger partial charge in [0.1, 0.15) is 0 Å². The highest BCUT2D eigenvalue weighted by molar-refractivity contribution is 5.73. The van der Waals surface area contributed by atoms with E-state index in [1.54, 1.807) is 0 Å². The standard InChI is InChI=1S/C9H16F3N3O3/c1-15(2)8(18)14-4-3-13-5-6(7(16)17)9(10,11)12/h6,13H,3-5H2,1-2H3,(H,14,18)(H,16,17). The van der Waals surface area contributed by atoms with Crippen LogP contribution in [0.25, 0.3) is 0 Å². The number of hydrogen-bond donors (Lipinski definition) is 3. The zero-order chi connectivity index (χ0) is 14.3. The van der Waals surface area contributed by atoms with Gasteiger partial charge in [-0.15, -0.1) is 0 Å². The van der Waals surface area contributed by atoms with Crippen LogP contribution in [0.2, 0.25) is 0 Å². The molecule has 9 heteroatoms. The molecule has 0 spiro atoms. The van der Waals surface area contributed by atoms with Crippen LogP contribution < -0.4 is 10.6 Å². The van der Waals surface area contributed by atoms with E-state index < -0.39 is 24.6 Å². The number of carbonyl (C=O) groups excluding carboxylic acids is 1. The summed E-state index contributed by atoms with van der Waals surface area (Å²) in [7, 11) is 3.04. The zero-order valence-electron chi connectivity index (χ0n) is 10.0. The second-order valence-electron chi connectivity index (χ2n) is 3.76. The lowest BCUT2D eigenvalue weighted by Gasteiger charge is -2.17. The number of rotatable bonds is 6. The molecule has 0 fully saturated rings. The van der Waals surface area contributed by atoms with Crippen LogP contribution in [0.4, 0.5) is 18.0 Å². The average molecular weight is 271 g/mol. The Kier molecular flexibility index (Phi) is 6.45. The summed E-state index contributed by atoms with van der Waals surface area (Å²) in [6, 6.07) is -0.373. The van der Waals surface area contributed by atoms with Crippen LogP contribution in [0, 0.1) is 5.92 Å². The third-order valence-electron chi connectivity index (χ3n) is 2.03. The largest absolute Gasteiger partial charge is 0.481 e. The van der Waals surface area contributed by atoms with Gasteiger partial charge in [-0.2, -0.15) is 13.2 Å². The Balaban J connectivity index is 3.89. The van der Waals surface area contributed by atoms with Crippen LogP contribution in [0.1, 0.15) is 0 Å². The maximum absolute atomic E-state index is 12.2. The van der Waals surface area contributed by atoms with Gasteiger partial charge < -0.3 is 20.6 Å².